The molecular formula is C10H16N4. The highest BCUT2D eigenvalue weighted by Gasteiger charge is 2.12. The third-order valence-corrected chi connectivity index (χ3v) is 2.45. The number of aromatic nitrogens is 3. The zero-order valence-electron chi connectivity index (χ0n) is 8.58. The minimum Gasteiger partial charge on any atom is -0.353 e. The quantitative estimate of drug-likeness (QED) is 0.789. The first-order valence-electron chi connectivity index (χ1n) is 5.36. The van der Waals surface area contributed by atoms with Gasteiger partial charge in [0.1, 0.15) is 0 Å². The average Bonchev–Trinajstić information content (AvgIpc) is 2.26. The predicted molar refractivity (Wildman–Crippen MR) is 55.2 cm³/mol. The van der Waals surface area contributed by atoms with Crippen LogP contribution in [-0.2, 0) is 12.8 Å². The number of fused-ring (bicyclic) bond motifs is 1. The van der Waals surface area contributed by atoms with Gasteiger partial charge < -0.3 is 5.32 Å². The number of rotatable bonds is 3. The molecule has 4 heteroatoms. The van der Waals surface area contributed by atoms with E-state index in [1.807, 2.05) is 0 Å². The maximum absolute atomic E-state index is 4.47. The largest absolute Gasteiger partial charge is 0.353 e. The highest BCUT2D eigenvalue weighted by atomic mass is 15.2. The molecule has 0 saturated carbocycles. The van der Waals surface area contributed by atoms with Gasteiger partial charge in [-0.25, -0.2) is 4.98 Å². The summed E-state index contributed by atoms with van der Waals surface area (Å²) in [6.45, 7) is 3.04. The molecule has 0 aromatic carbocycles. The van der Waals surface area contributed by atoms with E-state index in [9.17, 15) is 0 Å². The second-order valence-corrected chi connectivity index (χ2v) is 3.66. The summed E-state index contributed by atoms with van der Waals surface area (Å²) < 4.78 is 0. The molecule has 0 aliphatic heterocycles. The number of hydrogen-bond donors (Lipinski definition) is 1. The molecule has 14 heavy (non-hydrogen) atoms. The fraction of sp³-hybridized carbons (Fsp3) is 0.700. The number of anilines is 1. The van der Waals surface area contributed by atoms with Gasteiger partial charge in [-0.1, -0.05) is 6.92 Å². The summed E-state index contributed by atoms with van der Waals surface area (Å²) >= 11 is 0. The van der Waals surface area contributed by atoms with Gasteiger partial charge in [-0.15, -0.1) is 10.2 Å². The topological polar surface area (TPSA) is 50.7 Å². The Labute approximate surface area is 84.2 Å². The van der Waals surface area contributed by atoms with E-state index in [0.29, 0.717) is 5.95 Å². The van der Waals surface area contributed by atoms with E-state index in [4.69, 9.17) is 0 Å². The molecule has 0 saturated heterocycles. The number of hydrogen-bond acceptors (Lipinski definition) is 4. The third kappa shape index (κ3) is 2.00. The molecule has 0 fully saturated rings. The number of nitrogens with one attached hydrogen (secondary N) is 1. The molecule has 1 heterocycles. The van der Waals surface area contributed by atoms with Crippen LogP contribution in [0.1, 0.15) is 37.6 Å². The van der Waals surface area contributed by atoms with Crippen LogP contribution in [0.2, 0.25) is 0 Å². The van der Waals surface area contributed by atoms with Crippen molar-refractivity contribution >= 4 is 5.95 Å². The first kappa shape index (κ1) is 9.37. The second-order valence-electron chi connectivity index (χ2n) is 3.66. The molecule has 1 aliphatic rings. The number of aryl methyl sites for hydroxylation is 2. The SMILES string of the molecule is CCCNc1nnc2c(n1)CCCC2. The van der Waals surface area contributed by atoms with Crippen molar-refractivity contribution in [3.63, 3.8) is 0 Å². The van der Waals surface area contributed by atoms with Crippen LogP contribution in [0.15, 0.2) is 0 Å². The minimum atomic E-state index is 0.688. The van der Waals surface area contributed by atoms with E-state index in [-0.39, 0.29) is 0 Å². The van der Waals surface area contributed by atoms with Crippen molar-refractivity contribution in [3.05, 3.63) is 11.4 Å². The van der Waals surface area contributed by atoms with Crippen LogP contribution in [0.5, 0.6) is 0 Å². The fourth-order valence-corrected chi connectivity index (χ4v) is 1.67. The van der Waals surface area contributed by atoms with Gasteiger partial charge in [-0.05, 0) is 32.1 Å². The fourth-order valence-electron chi connectivity index (χ4n) is 1.67. The molecule has 2 rings (SSSR count). The van der Waals surface area contributed by atoms with Crippen LogP contribution in [0, 0.1) is 0 Å². The Hall–Kier alpha value is -1.19. The lowest BCUT2D eigenvalue weighted by Gasteiger charge is -2.13. The highest BCUT2D eigenvalue weighted by molar-refractivity contribution is 5.26. The Morgan fingerprint density at radius 1 is 1.14 bits per heavy atom. The van der Waals surface area contributed by atoms with Gasteiger partial charge in [0.2, 0.25) is 5.95 Å². The molecule has 0 bridgehead atoms. The van der Waals surface area contributed by atoms with Crippen molar-refractivity contribution in [3.8, 4) is 0 Å². The van der Waals surface area contributed by atoms with Crippen molar-refractivity contribution in [1.82, 2.24) is 15.2 Å². The zero-order chi connectivity index (χ0) is 9.80. The van der Waals surface area contributed by atoms with E-state index < -0.39 is 0 Å². The maximum Gasteiger partial charge on any atom is 0.242 e. The summed E-state index contributed by atoms with van der Waals surface area (Å²) in [4.78, 5) is 4.47. The maximum atomic E-state index is 4.47. The minimum absolute atomic E-state index is 0.688. The molecule has 0 unspecified atom stereocenters. The van der Waals surface area contributed by atoms with Crippen LogP contribution >= 0.6 is 0 Å². The van der Waals surface area contributed by atoms with E-state index in [1.165, 1.54) is 12.8 Å². The molecule has 1 aromatic heterocycles. The molecule has 0 atom stereocenters. The molecule has 0 radical (unpaired) electrons. The van der Waals surface area contributed by atoms with E-state index in [0.717, 1.165) is 37.2 Å². The Morgan fingerprint density at radius 3 is 2.71 bits per heavy atom. The summed E-state index contributed by atoms with van der Waals surface area (Å²) in [5.41, 5.74) is 2.24. The monoisotopic (exact) mass is 192 g/mol. The second kappa shape index (κ2) is 4.35. The summed E-state index contributed by atoms with van der Waals surface area (Å²) in [5.74, 6) is 0.688. The highest BCUT2D eigenvalue weighted by Crippen LogP contribution is 2.17. The lowest BCUT2D eigenvalue weighted by atomic mass is 10.0. The molecule has 1 aromatic rings. The lowest BCUT2D eigenvalue weighted by molar-refractivity contribution is 0.633. The molecule has 76 valence electrons. The van der Waals surface area contributed by atoms with Crippen LogP contribution in [-0.4, -0.2) is 21.7 Å². The molecule has 0 spiro atoms. The Balaban J connectivity index is 2.12. The van der Waals surface area contributed by atoms with Gasteiger partial charge in [0.15, 0.2) is 0 Å². The summed E-state index contributed by atoms with van der Waals surface area (Å²) in [6.07, 6.45) is 5.65. The molecule has 1 N–H and O–H groups in total. The lowest BCUT2D eigenvalue weighted by Crippen LogP contribution is -2.13. The Bertz CT molecular complexity index is 311. The summed E-state index contributed by atoms with van der Waals surface area (Å²) in [7, 11) is 0. The van der Waals surface area contributed by atoms with Gasteiger partial charge in [-0.2, -0.15) is 0 Å². The molecule has 4 nitrogen and oxygen atoms in total. The smallest absolute Gasteiger partial charge is 0.242 e. The molecule has 0 amide bonds. The third-order valence-electron chi connectivity index (χ3n) is 2.45. The van der Waals surface area contributed by atoms with Crippen molar-refractivity contribution in [2.45, 2.75) is 39.0 Å². The van der Waals surface area contributed by atoms with Crippen LogP contribution in [0.4, 0.5) is 5.95 Å². The zero-order valence-corrected chi connectivity index (χ0v) is 8.58. The first-order valence-corrected chi connectivity index (χ1v) is 5.36. The van der Waals surface area contributed by atoms with Gasteiger partial charge >= 0.3 is 0 Å². The van der Waals surface area contributed by atoms with E-state index in [1.54, 1.807) is 0 Å². The van der Waals surface area contributed by atoms with Crippen LogP contribution < -0.4 is 5.32 Å². The van der Waals surface area contributed by atoms with Gasteiger partial charge in [0.05, 0.1) is 11.4 Å². The normalized spacial score (nSPS) is 14.9. The van der Waals surface area contributed by atoms with Crippen molar-refractivity contribution < 1.29 is 0 Å². The van der Waals surface area contributed by atoms with Crippen LogP contribution in [0.3, 0.4) is 0 Å². The van der Waals surface area contributed by atoms with Crippen molar-refractivity contribution in [2.75, 3.05) is 11.9 Å². The predicted octanol–water partition coefficient (Wildman–Crippen LogP) is 1.57. The average molecular weight is 192 g/mol. The van der Waals surface area contributed by atoms with Crippen LogP contribution in [0.25, 0.3) is 0 Å². The van der Waals surface area contributed by atoms with E-state index in [2.05, 4.69) is 27.4 Å². The van der Waals surface area contributed by atoms with Gasteiger partial charge in [0, 0.05) is 6.54 Å². The van der Waals surface area contributed by atoms with Gasteiger partial charge in [-0.3, -0.25) is 0 Å². The Morgan fingerprint density at radius 2 is 1.93 bits per heavy atom. The summed E-state index contributed by atoms with van der Waals surface area (Å²) in [6, 6.07) is 0. The first-order chi connectivity index (χ1) is 6.90. The van der Waals surface area contributed by atoms with E-state index >= 15 is 0 Å². The van der Waals surface area contributed by atoms with Crippen molar-refractivity contribution in [1.29, 1.82) is 0 Å². The Kier molecular flexibility index (Phi) is 2.91. The summed E-state index contributed by atoms with van der Waals surface area (Å²) in [5, 5.41) is 11.4. The molecule has 1 aliphatic carbocycles. The standard InChI is InChI=1S/C10H16N4/c1-2-7-11-10-12-8-5-3-4-6-9(8)13-14-10/h2-7H2,1H3,(H,11,12,14). The van der Waals surface area contributed by atoms with Gasteiger partial charge in [0.25, 0.3) is 0 Å². The molecular weight excluding hydrogens is 176 g/mol. The number of nitrogens with zero attached hydrogens (tertiary/aromatic N) is 3. The van der Waals surface area contributed by atoms with Crippen molar-refractivity contribution in [2.24, 2.45) is 0 Å².